The predicted octanol–water partition coefficient (Wildman–Crippen LogP) is 3.04. The van der Waals surface area contributed by atoms with E-state index < -0.39 is 0 Å². The first-order chi connectivity index (χ1) is 10.1. The van der Waals surface area contributed by atoms with Gasteiger partial charge in [-0.3, -0.25) is 4.79 Å². The molecule has 3 rings (SSSR count). The first-order valence-electron chi connectivity index (χ1n) is 7.18. The summed E-state index contributed by atoms with van der Waals surface area (Å²) in [5.74, 6) is 0.781. The molecular formula is C16H20ClN3O2. The number of nitrogens with zero attached hydrogens (tertiary/aromatic N) is 2. The first kappa shape index (κ1) is 16.4. The molecule has 0 bridgehead atoms. The molecule has 0 atom stereocenters. The molecule has 22 heavy (non-hydrogen) atoms. The summed E-state index contributed by atoms with van der Waals surface area (Å²) < 4.78 is 5.04. The average Bonchev–Trinajstić information content (AvgIpc) is 2.91. The molecule has 0 saturated carbocycles. The summed E-state index contributed by atoms with van der Waals surface area (Å²) in [7, 11) is 1.79. The zero-order valence-electron chi connectivity index (χ0n) is 12.8. The highest BCUT2D eigenvalue weighted by atomic mass is 35.5. The highest BCUT2D eigenvalue weighted by molar-refractivity contribution is 5.97. The number of aromatic nitrogens is 1. The number of fused-ring (bicyclic) bond motifs is 1. The van der Waals surface area contributed by atoms with E-state index in [4.69, 9.17) is 4.52 Å². The summed E-state index contributed by atoms with van der Waals surface area (Å²) in [6.45, 7) is 3.27. The lowest BCUT2D eigenvalue weighted by atomic mass is 9.97. The molecule has 0 fully saturated rings. The zero-order chi connectivity index (χ0) is 14.8. The maximum atomic E-state index is 12.7. The van der Waals surface area contributed by atoms with Crippen LogP contribution >= 0.6 is 12.4 Å². The van der Waals surface area contributed by atoms with Crippen molar-refractivity contribution in [1.29, 1.82) is 0 Å². The topological polar surface area (TPSA) is 58.4 Å². The van der Waals surface area contributed by atoms with E-state index in [-0.39, 0.29) is 18.3 Å². The lowest BCUT2D eigenvalue weighted by molar-refractivity contribution is 0.0781. The third-order valence-electron chi connectivity index (χ3n) is 3.75. The molecule has 6 heteroatoms. The summed E-state index contributed by atoms with van der Waals surface area (Å²) in [5.41, 5.74) is 3.75. The molecular weight excluding hydrogens is 302 g/mol. The third-order valence-corrected chi connectivity index (χ3v) is 3.75. The lowest BCUT2D eigenvalue weighted by Gasteiger charge is -2.23. The van der Waals surface area contributed by atoms with E-state index >= 15 is 0 Å². The molecule has 2 aromatic rings. The van der Waals surface area contributed by atoms with Crippen molar-refractivity contribution in [3.05, 3.63) is 46.8 Å². The highest BCUT2D eigenvalue weighted by Gasteiger charge is 2.20. The van der Waals surface area contributed by atoms with Crippen LogP contribution in [0.15, 0.2) is 28.8 Å². The SMILES string of the molecule is Cc1cc(CN(C)C(=O)c2cccc3c2CCCN3)no1.Cl. The minimum atomic E-state index is 0. The minimum Gasteiger partial charge on any atom is -0.385 e. The largest absolute Gasteiger partial charge is 0.385 e. The van der Waals surface area contributed by atoms with Gasteiger partial charge in [0.25, 0.3) is 5.91 Å². The van der Waals surface area contributed by atoms with Gasteiger partial charge >= 0.3 is 0 Å². The molecule has 2 heterocycles. The quantitative estimate of drug-likeness (QED) is 0.944. The fourth-order valence-electron chi connectivity index (χ4n) is 2.72. The van der Waals surface area contributed by atoms with Crippen molar-refractivity contribution in [3.63, 3.8) is 0 Å². The van der Waals surface area contributed by atoms with Crippen LogP contribution in [0.4, 0.5) is 5.69 Å². The number of aryl methyl sites for hydroxylation is 1. The van der Waals surface area contributed by atoms with Crippen LogP contribution in [0.25, 0.3) is 0 Å². The van der Waals surface area contributed by atoms with Gasteiger partial charge in [-0.05, 0) is 37.5 Å². The van der Waals surface area contributed by atoms with Crippen molar-refractivity contribution in [2.24, 2.45) is 0 Å². The number of carbonyl (C=O) groups is 1. The van der Waals surface area contributed by atoms with Crippen LogP contribution in [0, 0.1) is 6.92 Å². The first-order valence-corrected chi connectivity index (χ1v) is 7.18. The van der Waals surface area contributed by atoms with Gasteiger partial charge < -0.3 is 14.7 Å². The molecule has 1 amide bonds. The van der Waals surface area contributed by atoms with Gasteiger partial charge in [0.15, 0.2) is 0 Å². The molecule has 0 aliphatic carbocycles. The average molecular weight is 322 g/mol. The monoisotopic (exact) mass is 321 g/mol. The Morgan fingerprint density at radius 3 is 3.00 bits per heavy atom. The summed E-state index contributed by atoms with van der Waals surface area (Å²) in [5, 5.41) is 7.29. The van der Waals surface area contributed by atoms with E-state index in [2.05, 4.69) is 10.5 Å². The van der Waals surface area contributed by atoms with Gasteiger partial charge in [0.05, 0.1) is 6.54 Å². The van der Waals surface area contributed by atoms with Gasteiger partial charge in [-0.15, -0.1) is 12.4 Å². The minimum absolute atomic E-state index is 0. The maximum Gasteiger partial charge on any atom is 0.254 e. The van der Waals surface area contributed by atoms with E-state index in [1.54, 1.807) is 11.9 Å². The van der Waals surface area contributed by atoms with Gasteiger partial charge in [0.2, 0.25) is 0 Å². The number of benzene rings is 1. The smallest absolute Gasteiger partial charge is 0.254 e. The van der Waals surface area contributed by atoms with E-state index in [1.165, 1.54) is 0 Å². The van der Waals surface area contributed by atoms with Gasteiger partial charge in [-0.25, -0.2) is 0 Å². The van der Waals surface area contributed by atoms with Crippen molar-refractivity contribution in [2.45, 2.75) is 26.3 Å². The van der Waals surface area contributed by atoms with Crippen LogP contribution in [0.1, 0.15) is 33.8 Å². The Labute approximate surface area is 136 Å². The molecule has 118 valence electrons. The number of hydrogen-bond acceptors (Lipinski definition) is 4. The summed E-state index contributed by atoms with van der Waals surface area (Å²) >= 11 is 0. The molecule has 1 N–H and O–H groups in total. The highest BCUT2D eigenvalue weighted by Crippen LogP contribution is 2.26. The van der Waals surface area contributed by atoms with Crippen molar-refractivity contribution in [3.8, 4) is 0 Å². The van der Waals surface area contributed by atoms with Crippen LogP contribution in [0.2, 0.25) is 0 Å². The zero-order valence-corrected chi connectivity index (χ0v) is 13.6. The Kier molecular flexibility index (Phi) is 5.08. The molecule has 0 radical (unpaired) electrons. The van der Waals surface area contributed by atoms with Crippen molar-refractivity contribution in [2.75, 3.05) is 18.9 Å². The van der Waals surface area contributed by atoms with Crippen LogP contribution in [-0.4, -0.2) is 29.6 Å². The fourth-order valence-corrected chi connectivity index (χ4v) is 2.72. The Hall–Kier alpha value is -2.01. The third kappa shape index (κ3) is 3.25. The van der Waals surface area contributed by atoms with Gasteiger partial charge in [-0.1, -0.05) is 11.2 Å². The van der Waals surface area contributed by atoms with Crippen molar-refractivity contribution in [1.82, 2.24) is 10.1 Å². The Balaban J connectivity index is 0.00000176. The fraction of sp³-hybridized carbons (Fsp3) is 0.375. The molecule has 0 spiro atoms. The summed E-state index contributed by atoms with van der Waals surface area (Å²) in [4.78, 5) is 14.3. The number of anilines is 1. The lowest BCUT2D eigenvalue weighted by Crippen LogP contribution is -2.28. The Bertz CT molecular complexity index is 669. The van der Waals surface area contributed by atoms with Crippen molar-refractivity contribution >= 4 is 24.0 Å². The molecule has 1 aromatic carbocycles. The number of hydrogen-bond donors (Lipinski definition) is 1. The van der Waals surface area contributed by atoms with Gasteiger partial charge in [0, 0.05) is 30.9 Å². The Morgan fingerprint density at radius 1 is 1.45 bits per heavy atom. The maximum absolute atomic E-state index is 12.7. The molecule has 0 saturated heterocycles. The normalized spacial score (nSPS) is 12.8. The van der Waals surface area contributed by atoms with E-state index in [0.29, 0.717) is 6.54 Å². The van der Waals surface area contributed by atoms with Crippen molar-refractivity contribution < 1.29 is 9.32 Å². The van der Waals surface area contributed by atoms with Crippen LogP contribution in [0.3, 0.4) is 0 Å². The van der Waals surface area contributed by atoms with Gasteiger partial charge in [-0.2, -0.15) is 0 Å². The number of nitrogens with one attached hydrogen (secondary N) is 1. The number of carbonyl (C=O) groups excluding carboxylic acids is 1. The molecule has 1 aliphatic rings. The number of amides is 1. The molecule has 1 aromatic heterocycles. The van der Waals surface area contributed by atoms with Gasteiger partial charge in [0.1, 0.15) is 11.5 Å². The Morgan fingerprint density at radius 2 is 2.27 bits per heavy atom. The number of halogens is 1. The number of rotatable bonds is 3. The summed E-state index contributed by atoms with van der Waals surface area (Å²) in [6.07, 6.45) is 2.00. The second kappa shape index (κ2) is 6.83. The molecule has 1 aliphatic heterocycles. The van der Waals surface area contributed by atoms with Crippen LogP contribution < -0.4 is 5.32 Å². The van der Waals surface area contributed by atoms with Crippen LogP contribution in [0.5, 0.6) is 0 Å². The molecule has 5 nitrogen and oxygen atoms in total. The van der Waals surface area contributed by atoms with Crippen LogP contribution in [-0.2, 0) is 13.0 Å². The second-order valence-electron chi connectivity index (χ2n) is 5.45. The van der Waals surface area contributed by atoms with E-state index in [0.717, 1.165) is 47.7 Å². The molecule has 0 unspecified atom stereocenters. The standard InChI is InChI=1S/C16H19N3O2.ClH/c1-11-9-12(18-21-11)10-19(2)16(20)14-5-3-7-15-13(14)6-4-8-17-15;/h3,5,7,9,17H,4,6,8,10H2,1-2H3;1H. The second-order valence-corrected chi connectivity index (χ2v) is 5.45. The predicted molar refractivity (Wildman–Crippen MR) is 87.5 cm³/mol. The van der Waals surface area contributed by atoms with E-state index in [9.17, 15) is 4.79 Å². The summed E-state index contributed by atoms with van der Waals surface area (Å²) in [6, 6.07) is 7.72. The van der Waals surface area contributed by atoms with E-state index in [1.807, 2.05) is 31.2 Å².